The number of hydrogen-bond donors (Lipinski definition) is 1. The van der Waals surface area contributed by atoms with Gasteiger partial charge in [-0.2, -0.15) is 0 Å². The fraction of sp³-hybridized carbons (Fsp3) is 0.417. The van der Waals surface area contributed by atoms with Crippen LogP contribution in [0.3, 0.4) is 0 Å². The van der Waals surface area contributed by atoms with Gasteiger partial charge in [0.1, 0.15) is 11.6 Å². The van der Waals surface area contributed by atoms with Gasteiger partial charge in [0.05, 0.1) is 12.1 Å². The van der Waals surface area contributed by atoms with Gasteiger partial charge in [-0.1, -0.05) is 0 Å². The zero-order valence-electron chi connectivity index (χ0n) is 9.38. The van der Waals surface area contributed by atoms with Crippen LogP contribution in [-0.2, 0) is 0 Å². The average molecular weight is 240 g/mol. The van der Waals surface area contributed by atoms with E-state index in [-0.39, 0.29) is 17.9 Å². The van der Waals surface area contributed by atoms with Crippen LogP contribution in [0.5, 0.6) is 0 Å². The van der Waals surface area contributed by atoms with Crippen molar-refractivity contribution < 1.29 is 13.6 Å². The first kappa shape index (κ1) is 12.1. The van der Waals surface area contributed by atoms with Crippen molar-refractivity contribution >= 4 is 5.78 Å². The molecule has 1 aromatic carbocycles. The first-order chi connectivity index (χ1) is 8.16. The Bertz CT molecular complexity index is 417. The van der Waals surface area contributed by atoms with Gasteiger partial charge in [-0.3, -0.25) is 9.69 Å². The van der Waals surface area contributed by atoms with Crippen molar-refractivity contribution in [1.82, 2.24) is 10.2 Å². The summed E-state index contributed by atoms with van der Waals surface area (Å²) in [6.45, 7) is 3.28. The highest BCUT2D eigenvalue weighted by Gasteiger charge is 2.17. The van der Waals surface area contributed by atoms with Gasteiger partial charge < -0.3 is 5.32 Å². The Balaban J connectivity index is 2.05. The molecule has 1 aliphatic heterocycles. The third-order valence-electron chi connectivity index (χ3n) is 2.81. The smallest absolute Gasteiger partial charge is 0.179 e. The van der Waals surface area contributed by atoms with Gasteiger partial charge in [-0.25, -0.2) is 8.78 Å². The van der Waals surface area contributed by atoms with Crippen molar-refractivity contribution in [3.8, 4) is 0 Å². The molecule has 17 heavy (non-hydrogen) atoms. The summed E-state index contributed by atoms with van der Waals surface area (Å²) in [4.78, 5) is 13.8. The maximum absolute atomic E-state index is 13.4. The summed E-state index contributed by atoms with van der Waals surface area (Å²) >= 11 is 0. The van der Waals surface area contributed by atoms with Gasteiger partial charge in [0, 0.05) is 26.2 Å². The molecule has 1 heterocycles. The summed E-state index contributed by atoms with van der Waals surface area (Å²) < 4.78 is 26.3. The van der Waals surface area contributed by atoms with Crippen molar-refractivity contribution in [2.24, 2.45) is 0 Å². The molecular formula is C12H14F2N2O. The van der Waals surface area contributed by atoms with Crippen LogP contribution in [0.25, 0.3) is 0 Å². The topological polar surface area (TPSA) is 32.3 Å². The third kappa shape index (κ3) is 3.08. The fourth-order valence-electron chi connectivity index (χ4n) is 1.87. The molecule has 0 atom stereocenters. The second-order valence-corrected chi connectivity index (χ2v) is 4.07. The van der Waals surface area contributed by atoms with Crippen molar-refractivity contribution in [2.45, 2.75) is 0 Å². The molecule has 0 saturated carbocycles. The monoisotopic (exact) mass is 240 g/mol. The Morgan fingerprint density at radius 3 is 2.71 bits per heavy atom. The number of piperazine rings is 1. The first-order valence-electron chi connectivity index (χ1n) is 5.58. The molecule has 1 N–H and O–H groups in total. The van der Waals surface area contributed by atoms with Gasteiger partial charge in [0.25, 0.3) is 0 Å². The van der Waals surface area contributed by atoms with E-state index in [1.165, 1.54) is 0 Å². The Morgan fingerprint density at radius 2 is 2.00 bits per heavy atom. The van der Waals surface area contributed by atoms with E-state index in [2.05, 4.69) is 5.32 Å². The van der Waals surface area contributed by atoms with Gasteiger partial charge in [-0.05, 0) is 18.2 Å². The molecule has 0 bridgehead atoms. The van der Waals surface area contributed by atoms with Gasteiger partial charge >= 0.3 is 0 Å². The van der Waals surface area contributed by atoms with Crippen LogP contribution in [0.4, 0.5) is 8.78 Å². The van der Waals surface area contributed by atoms with E-state index in [9.17, 15) is 13.6 Å². The fourth-order valence-corrected chi connectivity index (χ4v) is 1.87. The minimum Gasteiger partial charge on any atom is -0.314 e. The second-order valence-electron chi connectivity index (χ2n) is 4.07. The second kappa shape index (κ2) is 5.33. The maximum Gasteiger partial charge on any atom is 0.179 e. The molecule has 0 aliphatic carbocycles. The number of halogens is 2. The molecule has 1 aromatic rings. The first-order valence-corrected chi connectivity index (χ1v) is 5.58. The Kier molecular flexibility index (Phi) is 3.81. The SMILES string of the molecule is O=C(CN1CCNCC1)c1cc(F)ccc1F. The Morgan fingerprint density at radius 1 is 1.29 bits per heavy atom. The highest BCUT2D eigenvalue weighted by Crippen LogP contribution is 2.11. The van der Waals surface area contributed by atoms with Crippen LogP contribution < -0.4 is 5.32 Å². The minimum absolute atomic E-state index is 0.141. The molecule has 3 nitrogen and oxygen atoms in total. The number of Topliss-reactive ketones (excluding diaryl/α,β-unsaturated/α-hetero) is 1. The summed E-state index contributed by atoms with van der Waals surface area (Å²) in [6, 6.07) is 2.96. The van der Waals surface area contributed by atoms with E-state index in [1.54, 1.807) is 0 Å². The van der Waals surface area contributed by atoms with E-state index in [1.807, 2.05) is 4.90 Å². The van der Waals surface area contributed by atoms with E-state index in [0.717, 1.165) is 44.4 Å². The predicted octanol–water partition coefficient (Wildman–Crippen LogP) is 1.05. The normalized spacial score (nSPS) is 17.1. The number of carbonyl (C=O) groups excluding carboxylic acids is 1. The number of rotatable bonds is 3. The molecule has 0 radical (unpaired) electrons. The summed E-state index contributed by atoms with van der Waals surface area (Å²) in [7, 11) is 0. The number of nitrogens with one attached hydrogen (secondary N) is 1. The lowest BCUT2D eigenvalue weighted by Crippen LogP contribution is -2.45. The zero-order valence-corrected chi connectivity index (χ0v) is 9.38. The standard InChI is InChI=1S/C12H14F2N2O/c13-9-1-2-11(14)10(7-9)12(17)8-16-5-3-15-4-6-16/h1-2,7,15H,3-6,8H2. The van der Waals surface area contributed by atoms with Crippen LogP contribution in [0.2, 0.25) is 0 Å². The van der Waals surface area contributed by atoms with Crippen molar-refractivity contribution in [2.75, 3.05) is 32.7 Å². The van der Waals surface area contributed by atoms with Crippen molar-refractivity contribution in [3.05, 3.63) is 35.4 Å². The third-order valence-corrected chi connectivity index (χ3v) is 2.81. The van der Waals surface area contributed by atoms with Crippen LogP contribution in [0, 0.1) is 11.6 Å². The molecule has 5 heteroatoms. The predicted molar refractivity (Wildman–Crippen MR) is 60.0 cm³/mol. The lowest BCUT2D eigenvalue weighted by atomic mass is 10.1. The number of benzene rings is 1. The molecule has 1 fully saturated rings. The van der Waals surface area contributed by atoms with Gasteiger partial charge in [-0.15, -0.1) is 0 Å². The molecular weight excluding hydrogens is 226 g/mol. The van der Waals surface area contributed by atoms with E-state index in [0.29, 0.717) is 0 Å². The highest BCUT2D eigenvalue weighted by atomic mass is 19.1. The van der Waals surface area contributed by atoms with Crippen LogP contribution >= 0.6 is 0 Å². The van der Waals surface area contributed by atoms with Crippen molar-refractivity contribution in [3.63, 3.8) is 0 Å². The lowest BCUT2D eigenvalue weighted by molar-refractivity contribution is 0.0917. The van der Waals surface area contributed by atoms with E-state index >= 15 is 0 Å². The molecule has 0 unspecified atom stereocenters. The molecule has 0 amide bonds. The van der Waals surface area contributed by atoms with Crippen molar-refractivity contribution in [1.29, 1.82) is 0 Å². The van der Waals surface area contributed by atoms with Gasteiger partial charge in [0.2, 0.25) is 0 Å². The number of ketones is 1. The number of hydrogen-bond acceptors (Lipinski definition) is 3. The molecule has 0 aromatic heterocycles. The number of nitrogens with zero attached hydrogens (tertiary/aromatic N) is 1. The zero-order chi connectivity index (χ0) is 12.3. The maximum atomic E-state index is 13.4. The highest BCUT2D eigenvalue weighted by molar-refractivity contribution is 5.97. The molecule has 1 saturated heterocycles. The molecule has 92 valence electrons. The Labute approximate surface area is 98.4 Å². The molecule has 2 rings (SSSR count). The van der Waals surface area contributed by atoms with Crippen LogP contribution in [0.1, 0.15) is 10.4 Å². The van der Waals surface area contributed by atoms with E-state index < -0.39 is 11.6 Å². The lowest BCUT2D eigenvalue weighted by Gasteiger charge is -2.26. The van der Waals surface area contributed by atoms with Crippen LogP contribution in [0.15, 0.2) is 18.2 Å². The quantitative estimate of drug-likeness (QED) is 0.802. The summed E-state index contributed by atoms with van der Waals surface area (Å²) in [5, 5.41) is 3.16. The van der Waals surface area contributed by atoms with E-state index in [4.69, 9.17) is 0 Å². The van der Waals surface area contributed by atoms with Crippen LogP contribution in [-0.4, -0.2) is 43.4 Å². The largest absolute Gasteiger partial charge is 0.314 e. The average Bonchev–Trinajstić information content (AvgIpc) is 2.33. The summed E-state index contributed by atoms with van der Waals surface area (Å²) in [5.74, 6) is -1.62. The minimum atomic E-state index is -0.661. The molecule has 1 aliphatic rings. The summed E-state index contributed by atoms with van der Waals surface area (Å²) in [5.41, 5.74) is -0.163. The van der Waals surface area contributed by atoms with Gasteiger partial charge in [0.15, 0.2) is 5.78 Å². The molecule has 0 spiro atoms. The Hall–Kier alpha value is -1.33. The number of carbonyl (C=O) groups is 1. The summed E-state index contributed by atoms with van der Waals surface area (Å²) in [6.07, 6.45) is 0.